The summed E-state index contributed by atoms with van der Waals surface area (Å²) in [7, 11) is 0. The summed E-state index contributed by atoms with van der Waals surface area (Å²) in [5.41, 5.74) is 1.43. The summed E-state index contributed by atoms with van der Waals surface area (Å²) in [5.74, 6) is 1.73. The minimum absolute atomic E-state index is 0.299. The minimum Gasteiger partial charge on any atom is -0.462 e. The zero-order valence-corrected chi connectivity index (χ0v) is 12.5. The summed E-state index contributed by atoms with van der Waals surface area (Å²) in [5, 5.41) is 0.553. The van der Waals surface area contributed by atoms with Crippen molar-refractivity contribution >= 4 is 17.7 Å². The third-order valence-corrected chi connectivity index (χ3v) is 3.96. The fourth-order valence-corrected chi connectivity index (χ4v) is 2.40. The van der Waals surface area contributed by atoms with Crippen molar-refractivity contribution in [1.29, 1.82) is 0 Å². The molecule has 1 aromatic rings. The first-order chi connectivity index (χ1) is 9.11. The first-order valence-corrected chi connectivity index (χ1v) is 7.81. The topological polar surface area (TPSA) is 52.1 Å². The van der Waals surface area contributed by atoms with Gasteiger partial charge in [0.1, 0.15) is 5.82 Å². The lowest BCUT2D eigenvalue weighted by Gasteiger charge is -2.09. The Balaban J connectivity index is 2.18. The van der Waals surface area contributed by atoms with E-state index in [-0.39, 0.29) is 5.97 Å². The molecule has 0 aromatic carbocycles. The number of carbonyl (C=O) groups excluding carboxylic acids is 1. The maximum Gasteiger partial charge on any atom is 0.341 e. The lowest BCUT2D eigenvalue weighted by atomic mass is 10.1. The van der Waals surface area contributed by atoms with Gasteiger partial charge in [-0.25, -0.2) is 14.8 Å². The van der Waals surface area contributed by atoms with Crippen LogP contribution in [0.3, 0.4) is 0 Å². The van der Waals surface area contributed by atoms with Gasteiger partial charge >= 0.3 is 5.97 Å². The summed E-state index contributed by atoms with van der Waals surface area (Å²) in [6.07, 6.45) is 3.86. The Bertz CT molecular complexity index is 459. The molecule has 1 fully saturated rings. The molecule has 0 spiro atoms. The molecule has 1 aromatic heterocycles. The highest BCUT2D eigenvalue weighted by molar-refractivity contribution is 7.99. The molecule has 0 amide bonds. The van der Waals surface area contributed by atoms with Crippen molar-refractivity contribution < 1.29 is 9.53 Å². The van der Waals surface area contributed by atoms with Crippen LogP contribution in [-0.4, -0.2) is 27.8 Å². The first-order valence-electron chi connectivity index (χ1n) is 6.76. The molecule has 0 N–H and O–H groups in total. The van der Waals surface area contributed by atoms with Gasteiger partial charge in [0.25, 0.3) is 0 Å². The van der Waals surface area contributed by atoms with Crippen LogP contribution in [-0.2, 0) is 10.5 Å². The second-order valence-corrected chi connectivity index (χ2v) is 6.50. The average molecular weight is 280 g/mol. The molecule has 0 bridgehead atoms. The van der Waals surface area contributed by atoms with Crippen molar-refractivity contribution in [2.45, 2.75) is 50.5 Å². The van der Waals surface area contributed by atoms with Crippen molar-refractivity contribution in [3.8, 4) is 0 Å². The van der Waals surface area contributed by atoms with E-state index in [1.54, 1.807) is 6.20 Å². The van der Waals surface area contributed by atoms with Gasteiger partial charge in [-0.05, 0) is 25.0 Å². The number of hydrogen-bond acceptors (Lipinski definition) is 5. The van der Waals surface area contributed by atoms with Gasteiger partial charge in [0.15, 0.2) is 0 Å². The van der Waals surface area contributed by atoms with Crippen LogP contribution in [0.25, 0.3) is 0 Å². The van der Waals surface area contributed by atoms with Gasteiger partial charge < -0.3 is 4.74 Å². The number of carbonyl (C=O) groups is 1. The Kier molecular flexibility index (Phi) is 4.80. The number of thioether (sulfide) groups is 1. The van der Waals surface area contributed by atoms with Crippen LogP contribution in [0.4, 0.5) is 0 Å². The number of aromatic nitrogens is 2. The van der Waals surface area contributed by atoms with E-state index in [0.717, 1.165) is 30.1 Å². The number of esters is 1. The van der Waals surface area contributed by atoms with E-state index in [9.17, 15) is 4.79 Å². The van der Waals surface area contributed by atoms with Gasteiger partial charge in [-0.1, -0.05) is 13.8 Å². The summed E-state index contributed by atoms with van der Waals surface area (Å²) in [6.45, 7) is 6.50. The Hall–Kier alpha value is -1.10. The molecule has 19 heavy (non-hydrogen) atoms. The molecule has 2 rings (SSSR count). The monoisotopic (exact) mass is 280 g/mol. The fourth-order valence-electron chi connectivity index (χ4n) is 1.78. The number of nitrogens with zero attached hydrogens (tertiary/aromatic N) is 2. The maximum atomic E-state index is 11.9. The van der Waals surface area contributed by atoms with Crippen molar-refractivity contribution in [3.05, 3.63) is 23.3 Å². The van der Waals surface area contributed by atoms with Crippen LogP contribution in [0.1, 0.15) is 61.4 Å². The van der Waals surface area contributed by atoms with E-state index in [1.807, 2.05) is 18.7 Å². The van der Waals surface area contributed by atoms with Crippen molar-refractivity contribution in [2.24, 2.45) is 0 Å². The molecule has 4 nitrogen and oxygen atoms in total. The van der Waals surface area contributed by atoms with Gasteiger partial charge in [0, 0.05) is 12.1 Å². The molecule has 0 aliphatic heterocycles. The smallest absolute Gasteiger partial charge is 0.341 e. The molecule has 1 aliphatic carbocycles. The lowest BCUT2D eigenvalue weighted by Crippen LogP contribution is -2.12. The highest BCUT2D eigenvalue weighted by Crippen LogP contribution is 2.40. The standard InChI is InChI=1S/C14H20N2O2S/c1-4-18-14(17)11-7-15-12(8-19-9(2)3)16-13(11)10-5-6-10/h7,9-10H,4-6,8H2,1-3H3. The minimum atomic E-state index is -0.299. The Morgan fingerprint density at radius 1 is 1.53 bits per heavy atom. The highest BCUT2D eigenvalue weighted by Gasteiger charge is 2.30. The van der Waals surface area contributed by atoms with Crippen molar-refractivity contribution in [3.63, 3.8) is 0 Å². The predicted octanol–water partition coefficient (Wildman–Crippen LogP) is 3.17. The summed E-state index contributed by atoms with van der Waals surface area (Å²) < 4.78 is 5.06. The third kappa shape index (κ3) is 3.93. The molecule has 104 valence electrons. The highest BCUT2D eigenvalue weighted by atomic mass is 32.2. The van der Waals surface area contributed by atoms with Crippen molar-refractivity contribution in [1.82, 2.24) is 9.97 Å². The van der Waals surface area contributed by atoms with E-state index >= 15 is 0 Å². The van der Waals surface area contributed by atoms with E-state index in [1.165, 1.54) is 0 Å². The van der Waals surface area contributed by atoms with Crippen LogP contribution in [0.15, 0.2) is 6.20 Å². The number of rotatable bonds is 6. The molecule has 5 heteroatoms. The lowest BCUT2D eigenvalue weighted by molar-refractivity contribution is 0.0524. The van der Waals surface area contributed by atoms with Gasteiger partial charge in [-0.3, -0.25) is 0 Å². The summed E-state index contributed by atoms with van der Waals surface area (Å²) in [4.78, 5) is 20.7. The Morgan fingerprint density at radius 2 is 2.26 bits per heavy atom. The largest absolute Gasteiger partial charge is 0.462 e. The Morgan fingerprint density at radius 3 is 2.84 bits per heavy atom. The van der Waals surface area contributed by atoms with Gasteiger partial charge in [-0.15, -0.1) is 0 Å². The van der Waals surface area contributed by atoms with Gasteiger partial charge in [0.2, 0.25) is 0 Å². The van der Waals surface area contributed by atoms with E-state index in [2.05, 4.69) is 23.8 Å². The van der Waals surface area contributed by atoms with E-state index < -0.39 is 0 Å². The quantitative estimate of drug-likeness (QED) is 0.749. The molecular formula is C14H20N2O2S. The van der Waals surface area contributed by atoms with Crippen molar-refractivity contribution in [2.75, 3.05) is 6.61 Å². The second-order valence-electron chi connectivity index (χ2n) is 4.94. The third-order valence-electron chi connectivity index (χ3n) is 2.87. The molecule has 0 unspecified atom stereocenters. The van der Waals surface area contributed by atoms with E-state index in [0.29, 0.717) is 23.3 Å². The van der Waals surface area contributed by atoms with Crippen LogP contribution in [0.2, 0.25) is 0 Å². The molecular weight excluding hydrogens is 260 g/mol. The normalized spacial score (nSPS) is 14.7. The zero-order chi connectivity index (χ0) is 13.8. The van der Waals surface area contributed by atoms with Crippen LogP contribution < -0.4 is 0 Å². The molecule has 0 atom stereocenters. The van der Waals surface area contributed by atoms with Gasteiger partial charge in [0.05, 0.1) is 23.6 Å². The van der Waals surface area contributed by atoms with E-state index in [4.69, 9.17) is 4.74 Å². The fraction of sp³-hybridized carbons (Fsp3) is 0.643. The zero-order valence-electron chi connectivity index (χ0n) is 11.7. The van der Waals surface area contributed by atoms with Gasteiger partial charge in [-0.2, -0.15) is 11.8 Å². The summed E-state index contributed by atoms with van der Waals surface area (Å²) >= 11 is 1.81. The molecule has 1 aliphatic rings. The summed E-state index contributed by atoms with van der Waals surface area (Å²) in [6, 6.07) is 0. The number of hydrogen-bond donors (Lipinski definition) is 0. The first kappa shape index (κ1) is 14.3. The van der Waals surface area contributed by atoms with Crippen LogP contribution in [0.5, 0.6) is 0 Å². The molecule has 1 heterocycles. The molecule has 1 saturated carbocycles. The molecule has 0 radical (unpaired) electrons. The van der Waals surface area contributed by atoms with Crippen LogP contribution >= 0.6 is 11.8 Å². The Labute approximate surface area is 118 Å². The van der Waals surface area contributed by atoms with Crippen LogP contribution in [0, 0.1) is 0 Å². The molecule has 0 saturated heterocycles. The number of ether oxygens (including phenoxy) is 1. The maximum absolute atomic E-state index is 11.9. The predicted molar refractivity (Wildman–Crippen MR) is 76.4 cm³/mol. The second kappa shape index (κ2) is 6.37. The average Bonchev–Trinajstić information content (AvgIpc) is 3.20. The SMILES string of the molecule is CCOC(=O)c1cnc(CSC(C)C)nc1C1CC1.